The van der Waals surface area contributed by atoms with Crippen LogP contribution in [0.3, 0.4) is 0 Å². The van der Waals surface area contributed by atoms with Crippen molar-refractivity contribution in [2.24, 2.45) is 4.99 Å². The van der Waals surface area contributed by atoms with Crippen molar-refractivity contribution in [3.63, 3.8) is 0 Å². The van der Waals surface area contributed by atoms with Gasteiger partial charge in [-0.15, -0.1) is 0 Å². The van der Waals surface area contributed by atoms with Gasteiger partial charge in [0.15, 0.2) is 0 Å². The molecule has 1 aliphatic rings. The minimum Gasteiger partial charge on any atom is -0.354 e. The van der Waals surface area contributed by atoms with Gasteiger partial charge in [-0.2, -0.15) is 0 Å². The molecule has 1 amide bonds. The summed E-state index contributed by atoms with van der Waals surface area (Å²) in [6, 6.07) is 2.52. The fraction of sp³-hybridized carbons (Fsp3) is 0.600. The summed E-state index contributed by atoms with van der Waals surface area (Å²) >= 11 is 0. The van der Waals surface area contributed by atoms with Crippen molar-refractivity contribution in [3.8, 4) is 0 Å². The van der Waals surface area contributed by atoms with Gasteiger partial charge in [0.2, 0.25) is 0 Å². The maximum atomic E-state index is 12.6. The largest absolute Gasteiger partial charge is 0.354 e. The summed E-state index contributed by atoms with van der Waals surface area (Å²) in [5.41, 5.74) is 2.66. The minimum absolute atomic E-state index is 0.0299. The molecular formula is C20H32N4O. The van der Waals surface area contributed by atoms with E-state index in [9.17, 15) is 4.79 Å². The van der Waals surface area contributed by atoms with Gasteiger partial charge in [-0.3, -0.25) is 4.79 Å². The molecule has 2 heterocycles. The van der Waals surface area contributed by atoms with Crippen LogP contribution in [0.2, 0.25) is 0 Å². The molecule has 1 aliphatic heterocycles. The first-order chi connectivity index (χ1) is 12.0. The van der Waals surface area contributed by atoms with Crippen LogP contribution in [0, 0.1) is 0 Å². The predicted octanol–water partition coefficient (Wildman–Crippen LogP) is 2.76. The Bertz CT molecular complexity index is 731. The van der Waals surface area contributed by atoms with Crippen molar-refractivity contribution in [2.75, 3.05) is 13.7 Å². The number of nitrogens with one attached hydrogen (secondary N) is 1. The third-order valence-electron chi connectivity index (χ3n) is 4.94. The van der Waals surface area contributed by atoms with Gasteiger partial charge < -0.3 is 14.8 Å². The van der Waals surface area contributed by atoms with Crippen LogP contribution < -0.4 is 10.7 Å². The summed E-state index contributed by atoms with van der Waals surface area (Å²) in [7, 11) is 1.88. The number of rotatable bonds is 6. The van der Waals surface area contributed by atoms with Crippen LogP contribution in [0.25, 0.3) is 5.70 Å². The highest BCUT2D eigenvalue weighted by molar-refractivity contribution is 5.92. The summed E-state index contributed by atoms with van der Waals surface area (Å²) in [4.78, 5) is 24.5. The Morgan fingerprint density at radius 3 is 2.68 bits per heavy atom. The van der Waals surface area contributed by atoms with E-state index in [-0.39, 0.29) is 5.91 Å². The molecule has 0 saturated carbocycles. The molecule has 0 radical (unpaired) electrons. The standard InChI is InChI=1S/C20H32N4O/c1-6-8-10-17(9-7-2)24-14-23(5)20(25)15(3)13-22-19-18(16(24)4)11-12-21-19/h11-13,17H,6-10,14H2,1-5H3,(H,21,22)/b15-13+,18-16?. The first kappa shape index (κ1) is 19.3. The number of hydrogen-bond donors (Lipinski definition) is 1. The SMILES string of the molecule is CCCCC(CCC)N1CN(C)C(=O)/C(C)=C/N=c2[nH]ccc2=C1C. The number of carbonyl (C=O) groups excluding carboxylic acids is 1. The van der Waals surface area contributed by atoms with Crippen LogP contribution in [0.15, 0.2) is 29.0 Å². The van der Waals surface area contributed by atoms with Gasteiger partial charge in [0.05, 0.1) is 6.67 Å². The highest BCUT2D eigenvalue weighted by Gasteiger charge is 2.23. The Morgan fingerprint density at radius 1 is 1.24 bits per heavy atom. The Balaban J connectivity index is 2.57. The van der Waals surface area contributed by atoms with Gasteiger partial charge >= 0.3 is 0 Å². The van der Waals surface area contributed by atoms with Gasteiger partial charge in [0, 0.05) is 42.0 Å². The second-order valence-electron chi connectivity index (χ2n) is 6.97. The van der Waals surface area contributed by atoms with Crippen LogP contribution in [0.1, 0.15) is 59.8 Å². The maximum absolute atomic E-state index is 12.6. The topological polar surface area (TPSA) is 51.7 Å². The van der Waals surface area contributed by atoms with Crippen molar-refractivity contribution < 1.29 is 4.79 Å². The van der Waals surface area contributed by atoms with Crippen molar-refractivity contribution >= 4 is 11.6 Å². The molecule has 0 spiro atoms. The second-order valence-corrected chi connectivity index (χ2v) is 6.97. The average Bonchev–Trinajstić information content (AvgIpc) is 3.07. The Labute approximate surface area is 151 Å². The quantitative estimate of drug-likeness (QED) is 0.863. The lowest BCUT2D eigenvalue weighted by molar-refractivity contribution is -0.127. The summed E-state index contributed by atoms with van der Waals surface area (Å²) in [5.74, 6) is 0.0299. The average molecular weight is 345 g/mol. The molecule has 0 fully saturated rings. The number of H-pyrrole nitrogens is 1. The van der Waals surface area contributed by atoms with E-state index in [0.717, 1.165) is 30.0 Å². The normalized spacial score (nSPS) is 19.2. The van der Waals surface area contributed by atoms with Gasteiger partial charge in [-0.25, -0.2) is 4.99 Å². The summed E-state index contributed by atoms with van der Waals surface area (Å²) in [5, 5.41) is 1.12. The van der Waals surface area contributed by atoms with Gasteiger partial charge in [0.25, 0.3) is 5.91 Å². The molecule has 1 atom stereocenters. The Kier molecular flexibility index (Phi) is 6.85. The number of hydrogen-bond acceptors (Lipinski definition) is 3. The molecule has 1 aromatic heterocycles. The van der Waals surface area contributed by atoms with E-state index in [1.165, 1.54) is 18.5 Å². The number of amides is 1. The van der Waals surface area contributed by atoms with Crippen molar-refractivity contribution in [1.82, 2.24) is 14.8 Å². The van der Waals surface area contributed by atoms with Gasteiger partial charge in [-0.1, -0.05) is 33.1 Å². The first-order valence-corrected chi connectivity index (χ1v) is 9.40. The van der Waals surface area contributed by atoms with Crippen LogP contribution in [0.4, 0.5) is 0 Å². The van der Waals surface area contributed by atoms with Crippen LogP contribution in [-0.2, 0) is 4.79 Å². The Hall–Kier alpha value is -2.04. The van der Waals surface area contributed by atoms with E-state index < -0.39 is 0 Å². The fourth-order valence-corrected chi connectivity index (χ4v) is 3.45. The fourth-order valence-electron chi connectivity index (χ4n) is 3.45. The predicted molar refractivity (Wildman–Crippen MR) is 102 cm³/mol. The number of aromatic amines is 1. The molecule has 5 heteroatoms. The molecule has 5 nitrogen and oxygen atoms in total. The molecular weight excluding hydrogens is 312 g/mol. The van der Waals surface area contributed by atoms with Crippen LogP contribution >= 0.6 is 0 Å². The first-order valence-electron chi connectivity index (χ1n) is 9.40. The minimum atomic E-state index is 0.0299. The van der Waals surface area contributed by atoms with Crippen molar-refractivity contribution in [3.05, 3.63) is 34.7 Å². The van der Waals surface area contributed by atoms with Gasteiger partial charge in [-0.05, 0) is 32.8 Å². The molecule has 0 aromatic carbocycles. The zero-order chi connectivity index (χ0) is 18.4. The lowest BCUT2D eigenvalue weighted by Crippen LogP contribution is -2.46. The molecule has 0 saturated heterocycles. The number of fused-ring (bicyclic) bond motifs is 1. The highest BCUT2D eigenvalue weighted by atomic mass is 16.2. The maximum Gasteiger partial charge on any atom is 0.252 e. The molecule has 1 N–H and O–H groups in total. The molecule has 138 valence electrons. The summed E-state index contributed by atoms with van der Waals surface area (Å²) in [6.07, 6.45) is 9.39. The van der Waals surface area contributed by atoms with E-state index in [4.69, 9.17) is 0 Å². The smallest absolute Gasteiger partial charge is 0.252 e. The van der Waals surface area contributed by atoms with E-state index in [0.29, 0.717) is 18.3 Å². The van der Waals surface area contributed by atoms with E-state index in [1.54, 1.807) is 11.1 Å². The number of likely N-dealkylation sites (N-methyl/N-ethyl adjacent to an activating group) is 1. The number of unbranched alkanes of at least 4 members (excludes halogenated alkanes) is 1. The monoisotopic (exact) mass is 344 g/mol. The molecule has 0 bridgehead atoms. The van der Waals surface area contributed by atoms with Crippen LogP contribution in [0.5, 0.6) is 0 Å². The van der Waals surface area contributed by atoms with E-state index >= 15 is 0 Å². The number of carbonyl (C=O) groups is 1. The second kappa shape index (κ2) is 8.88. The highest BCUT2D eigenvalue weighted by Crippen LogP contribution is 2.20. The number of nitrogens with zero attached hydrogens (tertiary/aromatic N) is 3. The van der Waals surface area contributed by atoms with Crippen molar-refractivity contribution in [2.45, 2.75) is 65.8 Å². The molecule has 0 aliphatic carbocycles. The van der Waals surface area contributed by atoms with E-state index in [1.807, 2.05) is 20.2 Å². The van der Waals surface area contributed by atoms with Crippen molar-refractivity contribution in [1.29, 1.82) is 0 Å². The molecule has 1 aromatic rings. The third-order valence-corrected chi connectivity index (χ3v) is 4.94. The zero-order valence-electron chi connectivity index (χ0n) is 16.3. The summed E-state index contributed by atoms with van der Waals surface area (Å²) in [6.45, 7) is 9.04. The third kappa shape index (κ3) is 4.53. The lowest BCUT2D eigenvalue weighted by atomic mass is 10.0. The molecule has 2 rings (SSSR count). The van der Waals surface area contributed by atoms with Crippen LogP contribution in [-0.4, -0.2) is 40.4 Å². The zero-order valence-corrected chi connectivity index (χ0v) is 16.3. The Morgan fingerprint density at radius 2 is 2.00 bits per heavy atom. The van der Waals surface area contributed by atoms with Gasteiger partial charge in [0.1, 0.15) is 5.49 Å². The number of aromatic nitrogens is 1. The molecule has 1 unspecified atom stereocenters. The van der Waals surface area contributed by atoms with E-state index in [2.05, 4.69) is 41.7 Å². The summed E-state index contributed by atoms with van der Waals surface area (Å²) < 4.78 is 0. The lowest BCUT2D eigenvalue weighted by Gasteiger charge is -2.37. The molecule has 25 heavy (non-hydrogen) atoms.